The van der Waals surface area contributed by atoms with Gasteiger partial charge in [0.1, 0.15) is 0 Å². The molecule has 5 heteroatoms. The average Bonchev–Trinajstić information content (AvgIpc) is 2.91. The number of aromatic nitrogens is 1. The van der Waals surface area contributed by atoms with Crippen molar-refractivity contribution in [3.63, 3.8) is 0 Å². The van der Waals surface area contributed by atoms with Crippen molar-refractivity contribution in [1.29, 1.82) is 0 Å². The van der Waals surface area contributed by atoms with E-state index in [-0.39, 0.29) is 17.2 Å². The molecule has 0 amide bonds. The number of halogens is 2. The van der Waals surface area contributed by atoms with Crippen molar-refractivity contribution in [3.05, 3.63) is 39.4 Å². The van der Waals surface area contributed by atoms with Crippen LogP contribution < -0.4 is 0 Å². The van der Waals surface area contributed by atoms with E-state index in [1.165, 1.54) is 5.56 Å². The number of H-pyrrole nitrogens is 1. The fraction of sp³-hybridized carbons (Fsp3) is 0.591. The Morgan fingerprint density at radius 3 is 1.89 bits per heavy atom. The number of hydrogen-bond acceptors (Lipinski definition) is 1. The number of aryl methyl sites for hydroxylation is 1. The van der Waals surface area contributed by atoms with Crippen molar-refractivity contribution in [2.75, 3.05) is 0 Å². The lowest BCUT2D eigenvalue weighted by Gasteiger charge is -2.22. The van der Waals surface area contributed by atoms with E-state index in [0.29, 0.717) is 11.3 Å². The highest BCUT2D eigenvalue weighted by Gasteiger charge is 2.33. The molecule has 2 nitrogen and oxygen atoms in total. The molecule has 1 aliphatic rings. The third-order valence-corrected chi connectivity index (χ3v) is 5.26. The maximum absolute atomic E-state index is 13.5. The largest absolute Gasteiger partial charge is 0.542 e. The summed E-state index contributed by atoms with van der Waals surface area (Å²) in [5.74, 6) is 0. The zero-order valence-corrected chi connectivity index (χ0v) is 18.5. The van der Waals surface area contributed by atoms with E-state index in [2.05, 4.69) is 46.5 Å². The van der Waals surface area contributed by atoms with E-state index < -0.39 is 7.27 Å². The predicted octanol–water partition coefficient (Wildman–Crippen LogP) is 6.90. The first kappa shape index (κ1) is 21.7. The second kappa shape index (κ2) is 7.07. The highest BCUT2D eigenvalue weighted by molar-refractivity contribution is 6.45. The molecule has 1 aromatic heterocycles. The maximum Gasteiger partial charge on any atom is 0.542 e. The van der Waals surface area contributed by atoms with Crippen LogP contribution in [0.5, 0.6) is 0 Å². The van der Waals surface area contributed by atoms with E-state index in [0.717, 1.165) is 33.8 Å². The van der Waals surface area contributed by atoms with Gasteiger partial charge in [0.25, 0.3) is 0 Å². The zero-order valence-electron chi connectivity index (χ0n) is 18.5. The summed E-state index contributed by atoms with van der Waals surface area (Å²) in [6.45, 7) is 20.9. The van der Waals surface area contributed by atoms with E-state index in [4.69, 9.17) is 4.99 Å². The summed E-state index contributed by atoms with van der Waals surface area (Å²) in [6.07, 6.45) is -0.300. The van der Waals surface area contributed by atoms with Gasteiger partial charge in [-0.25, -0.2) is 0 Å². The molecule has 0 saturated heterocycles. The second-order valence-corrected chi connectivity index (χ2v) is 9.74. The van der Waals surface area contributed by atoms with Crippen LogP contribution in [0.4, 0.5) is 8.63 Å². The summed E-state index contributed by atoms with van der Waals surface area (Å²) in [7, 11) is -2.42. The lowest BCUT2D eigenvalue weighted by molar-refractivity contribution is 0.522. The molecule has 0 atom stereocenters. The molecule has 148 valence electrons. The summed E-state index contributed by atoms with van der Waals surface area (Å²) >= 11 is 0. The van der Waals surface area contributed by atoms with Gasteiger partial charge < -0.3 is 4.98 Å². The highest BCUT2D eigenvalue weighted by atomic mass is 19.2. The topological polar surface area (TPSA) is 28.1 Å². The van der Waals surface area contributed by atoms with Crippen LogP contribution in [0.15, 0.2) is 21.8 Å². The fourth-order valence-corrected chi connectivity index (χ4v) is 4.74. The fourth-order valence-electron chi connectivity index (χ4n) is 4.74. The first-order chi connectivity index (χ1) is 12.2. The number of aromatic amines is 1. The van der Waals surface area contributed by atoms with Crippen LogP contribution >= 0.6 is 0 Å². The highest BCUT2D eigenvalue weighted by Crippen LogP contribution is 2.43. The molecule has 0 saturated carbocycles. The molecule has 0 unspecified atom stereocenters. The molecule has 0 bridgehead atoms. The molecular formula is C22H33BF2N2. The van der Waals surface area contributed by atoms with E-state index in [1.807, 2.05) is 27.7 Å². The number of hydrogen-bond donors (Lipinski definition) is 1. The van der Waals surface area contributed by atoms with Gasteiger partial charge in [-0.2, -0.15) is 0 Å². The van der Waals surface area contributed by atoms with Crippen molar-refractivity contribution in [2.24, 2.45) is 10.4 Å². The van der Waals surface area contributed by atoms with Gasteiger partial charge in [-0.3, -0.25) is 13.6 Å². The molecule has 0 fully saturated rings. The summed E-state index contributed by atoms with van der Waals surface area (Å²) in [4.78, 5) is 8.17. The number of nitrogens with one attached hydrogen (secondary N) is 1. The summed E-state index contributed by atoms with van der Waals surface area (Å²) in [5.41, 5.74) is 8.39. The lowest BCUT2D eigenvalue weighted by Crippen LogP contribution is -2.15. The Kier molecular flexibility index (Phi) is 5.67. The minimum Gasteiger partial charge on any atom is -0.358 e. The lowest BCUT2D eigenvalue weighted by atomic mass is 9.78. The third-order valence-electron chi connectivity index (χ3n) is 5.26. The SMILES string of the molecule is CC1=N/C(=C(/CB(F)F)c2[nH]c(C)c(C(C)(C)C)c2C)C(C)=C1C(C)(C)C. The van der Waals surface area contributed by atoms with Crippen LogP contribution in [0, 0.1) is 19.3 Å². The zero-order chi connectivity index (χ0) is 20.9. The quantitative estimate of drug-likeness (QED) is 0.557. The third kappa shape index (κ3) is 4.12. The Balaban J connectivity index is 2.81. The molecule has 0 spiro atoms. The molecule has 0 aliphatic carbocycles. The number of allylic oxidation sites excluding steroid dienone is 3. The van der Waals surface area contributed by atoms with Gasteiger partial charge in [-0.15, -0.1) is 0 Å². The van der Waals surface area contributed by atoms with Gasteiger partial charge in [0.2, 0.25) is 0 Å². The van der Waals surface area contributed by atoms with Crippen molar-refractivity contribution < 1.29 is 8.63 Å². The number of rotatable bonds is 3. The van der Waals surface area contributed by atoms with Crippen LogP contribution in [-0.4, -0.2) is 18.0 Å². The van der Waals surface area contributed by atoms with E-state index >= 15 is 0 Å². The molecule has 2 rings (SSSR count). The Hall–Kier alpha value is -1.65. The smallest absolute Gasteiger partial charge is 0.358 e. The number of aliphatic imine (C=N–C) groups is 1. The minimum atomic E-state index is -2.42. The second-order valence-electron chi connectivity index (χ2n) is 9.74. The maximum atomic E-state index is 13.5. The van der Waals surface area contributed by atoms with Crippen LogP contribution in [0.25, 0.3) is 5.57 Å². The molecule has 2 heterocycles. The summed E-state index contributed by atoms with van der Waals surface area (Å²) in [6, 6.07) is 0. The van der Waals surface area contributed by atoms with Gasteiger partial charge in [0.05, 0.1) is 5.70 Å². The van der Waals surface area contributed by atoms with E-state index in [1.54, 1.807) is 0 Å². The van der Waals surface area contributed by atoms with Crippen molar-refractivity contribution >= 4 is 18.6 Å². The molecule has 0 aromatic carbocycles. The Morgan fingerprint density at radius 2 is 1.52 bits per heavy atom. The van der Waals surface area contributed by atoms with Gasteiger partial charge in [0.15, 0.2) is 0 Å². The van der Waals surface area contributed by atoms with Crippen LogP contribution in [0.3, 0.4) is 0 Å². The van der Waals surface area contributed by atoms with Gasteiger partial charge in [-0.05, 0) is 60.8 Å². The first-order valence-electron chi connectivity index (χ1n) is 9.65. The summed E-state index contributed by atoms with van der Waals surface area (Å²) in [5, 5.41) is 0. The number of nitrogens with zero attached hydrogens (tertiary/aromatic N) is 1. The molecular weight excluding hydrogens is 341 g/mol. The molecule has 1 aliphatic heterocycles. The van der Waals surface area contributed by atoms with Crippen molar-refractivity contribution in [2.45, 2.75) is 81.0 Å². The van der Waals surface area contributed by atoms with Crippen molar-refractivity contribution in [3.8, 4) is 0 Å². The van der Waals surface area contributed by atoms with Crippen LogP contribution in [-0.2, 0) is 5.41 Å². The monoisotopic (exact) mass is 374 g/mol. The molecule has 27 heavy (non-hydrogen) atoms. The van der Waals surface area contributed by atoms with Crippen molar-refractivity contribution in [1.82, 2.24) is 4.98 Å². The standard InChI is InChI=1S/C22H33BF2N2/c1-12-17(21(5,6)7)14(3)26-19(12)16(11-23(24)25)20-13(2)18(15(4)27-20)22(8,9)10/h26H,11H2,1-10H3/b20-16-. The van der Waals surface area contributed by atoms with Crippen LogP contribution in [0.1, 0.15) is 77.9 Å². The van der Waals surface area contributed by atoms with Gasteiger partial charge in [0, 0.05) is 29.0 Å². The Labute approximate surface area is 163 Å². The Bertz CT molecular complexity index is 841. The molecule has 0 radical (unpaired) electrons. The Morgan fingerprint density at radius 1 is 0.963 bits per heavy atom. The normalized spacial score (nSPS) is 17.6. The average molecular weight is 374 g/mol. The van der Waals surface area contributed by atoms with E-state index in [9.17, 15) is 8.63 Å². The van der Waals surface area contributed by atoms with Gasteiger partial charge in [-0.1, -0.05) is 41.5 Å². The van der Waals surface area contributed by atoms with Crippen LogP contribution in [0.2, 0.25) is 6.32 Å². The molecule has 1 N–H and O–H groups in total. The minimum absolute atomic E-state index is 0.0557. The molecule has 1 aromatic rings. The summed E-state index contributed by atoms with van der Waals surface area (Å²) < 4.78 is 27.1. The first-order valence-corrected chi connectivity index (χ1v) is 9.65. The van der Waals surface area contributed by atoms with Gasteiger partial charge >= 0.3 is 7.27 Å². The predicted molar refractivity (Wildman–Crippen MR) is 114 cm³/mol.